The molecule has 5 nitrogen and oxygen atoms in total. The van der Waals surface area contributed by atoms with Crippen molar-refractivity contribution < 1.29 is 9.84 Å². The maximum Gasteiger partial charge on any atom is 0.226 e. The van der Waals surface area contributed by atoms with Crippen LogP contribution in [0, 0.1) is 0 Å². The van der Waals surface area contributed by atoms with Gasteiger partial charge in [-0.2, -0.15) is 4.98 Å². The summed E-state index contributed by atoms with van der Waals surface area (Å²) in [5.41, 5.74) is 0. The van der Waals surface area contributed by atoms with Crippen LogP contribution < -0.4 is 10.1 Å². The molecule has 2 N–H and O–H groups in total. The number of aliphatic hydroxyl groups is 1. The second kappa shape index (κ2) is 5.81. The highest BCUT2D eigenvalue weighted by atomic mass is 16.5. The van der Waals surface area contributed by atoms with Crippen molar-refractivity contribution in [2.75, 3.05) is 18.5 Å². The molecule has 0 saturated heterocycles. The van der Waals surface area contributed by atoms with Gasteiger partial charge in [0.1, 0.15) is 5.75 Å². The molecule has 1 aromatic carbocycles. The van der Waals surface area contributed by atoms with E-state index in [1.165, 1.54) is 0 Å². The minimum absolute atomic E-state index is 0.0349. The van der Waals surface area contributed by atoms with Crippen molar-refractivity contribution in [2.24, 2.45) is 0 Å². The van der Waals surface area contributed by atoms with Gasteiger partial charge in [-0.15, -0.1) is 0 Å². The minimum atomic E-state index is 0.0349. The summed E-state index contributed by atoms with van der Waals surface area (Å²) >= 11 is 0. The quantitative estimate of drug-likeness (QED) is 0.819. The Labute approximate surface area is 99.1 Å². The van der Waals surface area contributed by atoms with Crippen molar-refractivity contribution in [2.45, 2.75) is 0 Å². The topological polar surface area (TPSA) is 67.3 Å². The van der Waals surface area contributed by atoms with Crippen LogP contribution in [0.1, 0.15) is 0 Å². The summed E-state index contributed by atoms with van der Waals surface area (Å²) in [5, 5.41) is 11.6. The molecule has 0 amide bonds. The van der Waals surface area contributed by atoms with E-state index in [0.717, 1.165) is 5.75 Å². The lowest BCUT2D eigenvalue weighted by molar-refractivity contribution is 0.310. The lowest BCUT2D eigenvalue weighted by Crippen LogP contribution is -2.08. The van der Waals surface area contributed by atoms with Crippen LogP contribution in [0.4, 0.5) is 5.95 Å². The normalized spacial score (nSPS) is 9.94. The first-order valence-corrected chi connectivity index (χ1v) is 5.29. The number of anilines is 1. The van der Waals surface area contributed by atoms with Gasteiger partial charge in [0.15, 0.2) is 0 Å². The highest BCUT2D eigenvalue weighted by Crippen LogP contribution is 2.18. The number of hydrogen-bond acceptors (Lipinski definition) is 5. The van der Waals surface area contributed by atoms with Crippen molar-refractivity contribution in [1.29, 1.82) is 0 Å². The molecule has 0 spiro atoms. The van der Waals surface area contributed by atoms with Crippen molar-refractivity contribution in [3.8, 4) is 11.6 Å². The van der Waals surface area contributed by atoms with Gasteiger partial charge in [-0.05, 0) is 12.1 Å². The fraction of sp³-hybridized carbons (Fsp3) is 0.167. The molecule has 0 bridgehead atoms. The summed E-state index contributed by atoms with van der Waals surface area (Å²) in [7, 11) is 0. The molecule has 1 aromatic heterocycles. The number of nitrogens with one attached hydrogen (secondary N) is 1. The van der Waals surface area contributed by atoms with Crippen molar-refractivity contribution in [3.05, 3.63) is 42.6 Å². The summed E-state index contributed by atoms with van der Waals surface area (Å²) in [6.07, 6.45) is 1.60. The standard InChI is InChI=1S/C12H13N3O2/c16-9-8-14-12-13-7-6-11(15-12)17-10-4-2-1-3-5-10/h1-7,16H,8-9H2,(H,13,14,15). The van der Waals surface area contributed by atoms with Gasteiger partial charge in [-0.1, -0.05) is 18.2 Å². The summed E-state index contributed by atoms with van der Waals surface area (Å²) in [4.78, 5) is 8.16. The number of aliphatic hydroxyl groups excluding tert-OH is 1. The van der Waals surface area contributed by atoms with Crippen LogP contribution in [0.15, 0.2) is 42.6 Å². The van der Waals surface area contributed by atoms with Gasteiger partial charge < -0.3 is 15.2 Å². The van der Waals surface area contributed by atoms with E-state index < -0.39 is 0 Å². The van der Waals surface area contributed by atoms with Crippen LogP contribution in [0.3, 0.4) is 0 Å². The molecular weight excluding hydrogens is 218 g/mol. The van der Waals surface area contributed by atoms with E-state index >= 15 is 0 Å². The van der Waals surface area contributed by atoms with E-state index in [2.05, 4.69) is 15.3 Å². The number of aromatic nitrogens is 2. The highest BCUT2D eigenvalue weighted by Gasteiger charge is 2.00. The van der Waals surface area contributed by atoms with Gasteiger partial charge in [0.25, 0.3) is 0 Å². The molecular formula is C12H13N3O2. The summed E-state index contributed by atoms with van der Waals surface area (Å²) in [5.74, 6) is 1.62. The first-order valence-electron chi connectivity index (χ1n) is 5.29. The van der Waals surface area contributed by atoms with Gasteiger partial charge >= 0.3 is 0 Å². The van der Waals surface area contributed by atoms with E-state index in [9.17, 15) is 0 Å². The van der Waals surface area contributed by atoms with Gasteiger partial charge in [-0.3, -0.25) is 0 Å². The molecule has 0 radical (unpaired) electrons. The Bertz CT molecular complexity index is 462. The Morgan fingerprint density at radius 2 is 2.00 bits per heavy atom. The minimum Gasteiger partial charge on any atom is -0.439 e. The molecule has 88 valence electrons. The molecule has 0 fully saturated rings. The molecule has 0 atom stereocenters. The molecule has 0 aliphatic rings. The Balaban J connectivity index is 2.06. The Morgan fingerprint density at radius 3 is 2.76 bits per heavy atom. The van der Waals surface area contributed by atoms with Crippen LogP contribution >= 0.6 is 0 Å². The summed E-state index contributed by atoms with van der Waals surface area (Å²) in [6.45, 7) is 0.446. The number of hydrogen-bond donors (Lipinski definition) is 2. The van der Waals surface area contributed by atoms with Crippen LogP contribution in [-0.2, 0) is 0 Å². The average molecular weight is 231 g/mol. The molecule has 2 aromatic rings. The first kappa shape index (κ1) is 11.3. The second-order valence-electron chi connectivity index (χ2n) is 3.28. The third kappa shape index (κ3) is 3.42. The number of ether oxygens (including phenoxy) is 1. The van der Waals surface area contributed by atoms with Crippen molar-refractivity contribution in [1.82, 2.24) is 9.97 Å². The molecule has 2 rings (SSSR count). The predicted molar refractivity (Wildman–Crippen MR) is 64.1 cm³/mol. The maximum atomic E-state index is 8.68. The van der Waals surface area contributed by atoms with Crippen molar-refractivity contribution in [3.63, 3.8) is 0 Å². The maximum absolute atomic E-state index is 8.68. The van der Waals surface area contributed by atoms with Crippen LogP contribution in [0.5, 0.6) is 11.6 Å². The van der Waals surface area contributed by atoms with Crippen LogP contribution in [-0.4, -0.2) is 28.2 Å². The third-order valence-corrected chi connectivity index (χ3v) is 1.99. The van der Waals surface area contributed by atoms with Gasteiger partial charge in [-0.25, -0.2) is 4.98 Å². The number of rotatable bonds is 5. The zero-order valence-electron chi connectivity index (χ0n) is 9.21. The molecule has 0 aliphatic carbocycles. The van der Waals surface area contributed by atoms with Crippen molar-refractivity contribution >= 4 is 5.95 Å². The predicted octanol–water partition coefficient (Wildman–Crippen LogP) is 1.67. The van der Waals surface area contributed by atoms with E-state index in [4.69, 9.17) is 9.84 Å². The molecule has 5 heteroatoms. The first-order chi connectivity index (χ1) is 8.38. The fourth-order valence-electron chi connectivity index (χ4n) is 1.26. The number of benzene rings is 1. The molecule has 1 heterocycles. The largest absolute Gasteiger partial charge is 0.439 e. The zero-order valence-corrected chi connectivity index (χ0v) is 9.21. The smallest absolute Gasteiger partial charge is 0.226 e. The monoisotopic (exact) mass is 231 g/mol. The number of nitrogens with zero attached hydrogens (tertiary/aromatic N) is 2. The fourth-order valence-corrected chi connectivity index (χ4v) is 1.26. The van der Waals surface area contributed by atoms with E-state index in [1.807, 2.05) is 30.3 Å². The third-order valence-electron chi connectivity index (χ3n) is 1.99. The lowest BCUT2D eigenvalue weighted by Gasteiger charge is -2.06. The Hall–Kier alpha value is -2.14. The molecule has 0 aliphatic heterocycles. The zero-order chi connectivity index (χ0) is 11.9. The number of para-hydroxylation sites is 1. The molecule has 0 saturated carbocycles. The SMILES string of the molecule is OCCNc1nccc(Oc2ccccc2)n1. The van der Waals surface area contributed by atoms with Crippen LogP contribution in [0.2, 0.25) is 0 Å². The van der Waals surface area contributed by atoms with E-state index in [-0.39, 0.29) is 6.61 Å². The van der Waals surface area contributed by atoms with Crippen LogP contribution in [0.25, 0.3) is 0 Å². The molecule has 0 unspecified atom stereocenters. The Morgan fingerprint density at radius 1 is 1.18 bits per heavy atom. The average Bonchev–Trinajstić information content (AvgIpc) is 2.38. The highest BCUT2D eigenvalue weighted by molar-refractivity contribution is 5.31. The van der Waals surface area contributed by atoms with E-state index in [1.54, 1.807) is 12.3 Å². The van der Waals surface area contributed by atoms with Gasteiger partial charge in [0.05, 0.1) is 6.61 Å². The van der Waals surface area contributed by atoms with Gasteiger partial charge in [0, 0.05) is 18.8 Å². The summed E-state index contributed by atoms with van der Waals surface area (Å²) < 4.78 is 5.55. The second-order valence-corrected chi connectivity index (χ2v) is 3.28. The molecule has 17 heavy (non-hydrogen) atoms. The van der Waals surface area contributed by atoms with E-state index in [0.29, 0.717) is 18.4 Å². The Kier molecular flexibility index (Phi) is 3.88. The lowest BCUT2D eigenvalue weighted by atomic mass is 10.3. The van der Waals surface area contributed by atoms with Gasteiger partial charge in [0.2, 0.25) is 11.8 Å². The summed E-state index contributed by atoms with van der Waals surface area (Å²) in [6, 6.07) is 11.1.